The van der Waals surface area contributed by atoms with E-state index in [1.54, 1.807) is 11.3 Å². The molecule has 0 N–H and O–H groups in total. The van der Waals surface area contributed by atoms with E-state index in [0.717, 1.165) is 10.7 Å². The molecule has 0 aliphatic rings. The normalized spacial score (nSPS) is 9.92. The van der Waals surface area contributed by atoms with E-state index in [2.05, 4.69) is 28.9 Å². The average molecular weight is 182 g/mol. The summed E-state index contributed by atoms with van der Waals surface area (Å²) in [5, 5.41) is 6.34. The molecule has 0 aliphatic heterocycles. The molecule has 1 aromatic rings. The fraction of sp³-hybridized carbons (Fsp3) is 0.571. The van der Waals surface area contributed by atoms with Crippen LogP contribution in [0.5, 0.6) is 0 Å². The van der Waals surface area contributed by atoms with Gasteiger partial charge in [-0.15, -0.1) is 11.3 Å². The summed E-state index contributed by atoms with van der Waals surface area (Å²) in [6, 6.07) is 0. The first kappa shape index (κ1) is 9.03. The lowest BCUT2D eigenvalue weighted by Crippen LogP contribution is -1.87. The molecule has 5 heteroatoms. The standard InChI is InChI=1S/C7H10N4S/c1-5(2)6-4-12-7(10-6)3-9-11-8/h4-5H,3H2,1-2H3. The molecule has 12 heavy (non-hydrogen) atoms. The highest BCUT2D eigenvalue weighted by atomic mass is 32.1. The maximum Gasteiger partial charge on any atom is 0.0986 e. The van der Waals surface area contributed by atoms with Crippen LogP contribution in [0.4, 0.5) is 0 Å². The highest BCUT2D eigenvalue weighted by Gasteiger charge is 2.03. The Morgan fingerprint density at radius 2 is 2.50 bits per heavy atom. The zero-order valence-electron chi connectivity index (χ0n) is 7.06. The molecule has 0 aromatic carbocycles. The zero-order valence-corrected chi connectivity index (χ0v) is 7.88. The van der Waals surface area contributed by atoms with Gasteiger partial charge in [0.1, 0.15) is 0 Å². The van der Waals surface area contributed by atoms with Crippen molar-refractivity contribution in [2.75, 3.05) is 0 Å². The first-order valence-corrected chi connectivity index (χ1v) is 4.57. The first-order chi connectivity index (χ1) is 5.74. The summed E-state index contributed by atoms with van der Waals surface area (Å²) < 4.78 is 0. The molecule has 0 bridgehead atoms. The van der Waals surface area contributed by atoms with Crippen molar-refractivity contribution in [3.8, 4) is 0 Å². The van der Waals surface area contributed by atoms with Gasteiger partial charge in [-0.05, 0) is 11.4 Å². The van der Waals surface area contributed by atoms with Crippen molar-refractivity contribution in [1.29, 1.82) is 0 Å². The number of nitrogens with zero attached hydrogens (tertiary/aromatic N) is 4. The highest BCUT2D eigenvalue weighted by molar-refractivity contribution is 7.09. The maximum absolute atomic E-state index is 8.08. The van der Waals surface area contributed by atoms with Crippen molar-refractivity contribution in [2.45, 2.75) is 26.3 Å². The van der Waals surface area contributed by atoms with Gasteiger partial charge in [0.2, 0.25) is 0 Å². The summed E-state index contributed by atoms with van der Waals surface area (Å²) >= 11 is 1.54. The van der Waals surface area contributed by atoms with E-state index in [0.29, 0.717) is 12.5 Å². The van der Waals surface area contributed by atoms with Crippen LogP contribution in [0, 0.1) is 0 Å². The van der Waals surface area contributed by atoms with Crippen molar-refractivity contribution in [3.63, 3.8) is 0 Å². The minimum atomic E-state index is 0.369. The Morgan fingerprint density at radius 1 is 1.75 bits per heavy atom. The molecule has 0 radical (unpaired) electrons. The predicted molar refractivity (Wildman–Crippen MR) is 49.1 cm³/mol. The van der Waals surface area contributed by atoms with E-state index in [9.17, 15) is 0 Å². The van der Waals surface area contributed by atoms with E-state index >= 15 is 0 Å². The van der Waals surface area contributed by atoms with Gasteiger partial charge in [0.25, 0.3) is 0 Å². The summed E-state index contributed by atoms with van der Waals surface area (Å²) in [6.07, 6.45) is 0. The van der Waals surface area contributed by atoms with Gasteiger partial charge < -0.3 is 0 Å². The van der Waals surface area contributed by atoms with Crippen LogP contribution < -0.4 is 0 Å². The third kappa shape index (κ3) is 2.22. The number of aromatic nitrogens is 1. The summed E-state index contributed by atoms with van der Waals surface area (Å²) in [4.78, 5) is 6.98. The molecule has 1 heterocycles. The van der Waals surface area contributed by atoms with Crippen molar-refractivity contribution in [1.82, 2.24) is 4.98 Å². The van der Waals surface area contributed by atoms with Gasteiger partial charge in [-0.2, -0.15) is 0 Å². The van der Waals surface area contributed by atoms with E-state index in [4.69, 9.17) is 5.53 Å². The number of rotatable bonds is 3. The SMILES string of the molecule is CC(C)c1csc(CN=[N+]=[N-])n1. The Hall–Kier alpha value is -1.06. The average Bonchev–Trinajstić information content (AvgIpc) is 2.48. The van der Waals surface area contributed by atoms with Crippen LogP contribution in [0.3, 0.4) is 0 Å². The van der Waals surface area contributed by atoms with Crippen LogP contribution in [-0.4, -0.2) is 4.98 Å². The molecule has 4 nitrogen and oxygen atoms in total. The Morgan fingerprint density at radius 3 is 3.00 bits per heavy atom. The second kappa shape index (κ2) is 4.09. The second-order valence-electron chi connectivity index (χ2n) is 2.71. The van der Waals surface area contributed by atoms with E-state index in [1.165, 1.54) is 0 Å². The van der Waals surface area contributed by atoms with Gasteiger partial charge in [0, 0.05) is 10.3 Å². The molecule has 0 saturated heterocycles. The van der Waals surface area contributed by atoms with Gasteiger partial charge in [0.15, 0.2) is 0 Å². The molecule has 0 spiro atoms. The number of hydrogen-bond donors (Lipinski definition) is 0. The molecule has 64 valence electrons. The molecular formula is C7H10N4S. The topological polar surface area (TPSA) is 61.7 Å². The van der Waals surface area contributed by atoms with E-state index in [-0.39, 0.29) is 0 Å². The van der Waals surface area contributed by atoms with Crippen LogP contribution in [-0.2, 0) is 6.54 Å². The summed E-state index contributed by atoms with van der Waals surface area (Å²) in [7, 11) is 0. The quantitative estimate of drug-likeness (QED) is 0.402. The van der Waals surface area contributed by atoms with Gasteiger partial charge in [0.05, 0.1) is 17.2 Å². The number of thiazole rings is 1. The van der Waals surface area contributed by atoms with Crippen molar-refractivity contribution >= 4 is 11.3 Å². The summed E-state index contributed by atoms with van der Waals surface area (Å²) in [5.74, 6) is 0.445. The molecule has 0 amide bonds. The molecule has 0 aliphatic carbocycles. The number of azide groups is 1. The lowest BCUT2D eigenvalue weighted by Gasteiger charge is -1.95. The van der Waals surface area contributed by atoms with Crippen molar-refractivity contribution in [3.05, 3.63) is 26.5 Å². The summed E-state index contributed by atoms with van der Waals surface area (Å²) in [6.45, 7) is 4.55. The van der Waals surface area contributed by atoms with Gasteiger partial charge in [-0.3, -0.25) is 0 Å². The Balaban J connectivity index is 2.70. The minimum absolute atomic E-state index is 0.369. The van der Waals surface area contributed by atoms with Gasteiger partial charge in [-0.25, -0.2) is 4.98 Å². The molecule has 0 unspecified atom stereocenters. The minimum Gasteiger partial charge on any atom is -0.246 e. The lowest BCUT2D eigenvalue weighted by molar-refractivity contribution is 0.821. The smallest absolute Gasteiger partial charge is 0.0986 e. The molecule has 0 fully saturated rings. The molecule has 1 aromatic heterocycles. The monoisotopic (exact) mass is 182 g/mol. The van der Waals surface area contributed by atoms with E-state index < -0.39 is 0 Å². The van der Waals surface area contributed by atoms with Crippen LogP contribution in [0.15, 0.2) is 10.5 Å². The second-order valence-corrected chi connectivity index (χ2v) is 3.65. The largest absolute Gasteiger partial charge is 0.246 e. The third-order valence-electron chi connectivity index (χ3n) is 1.43. The zero-order chi connectivity index (χ0) is 8.97. The Bertz CT molecular complexity index is 298. The predicted octanol–water partition coefficient (Wildman–Crippen LogP) is 3.08. The number of hydrogen-bond acceptors (Lipinski definition) is 3. The fourth-order valence-electron chi connectivity index (χ4n) is 0.755. The molecule has 0 atom stereocenters. The first-order valence-electron chi connectivity index (χ1n) is 3.69. The Kier molecular flexibility index (Phi) is 3.08. The van der Waals surface area contributed by atoms with Gasteiger partial charge in [-0.1, -0.05) is 19.0 Å². The fourth-order valence-corrected chi connectivity index (χ4v) is 1.63. The van der Waals surface area contributed by atoms with Crippen molar-refractivity contribution < 1.29 is 0 Å². The lowest BCUT2D eigenvalue weighted by atomic mass is 10.2. The Labute approximate surface area is 74.9 Å². The van der Waals surface area contributed by atoms with Crippen LogP contribution in [0.2, 0.25) is 0 Å². The van der Waals surface area contributed by atoms with Crippen LogP contribution in [0.25, 0.3) is 10.4 Å². The van der Waals surface area contributed by atoms with Gasteiger partial charge >= 0.3 is 0 Å². The summed E-state index contributed by atoms with van der Waals surface area (Å²) in [5.41, 5.74) is 9.15. The van der Waals surface area contributed by atoms with Crippen LogP contribution >= 0.6 is 11.3 Å². The van der Waals surface area contributed by atoms with E-state index in [1.807, 2.05) is 5.38 Å². The van der Waals surface area contributed by atoms with Crippen molar-refractivity contribution in [2.24, 2.45) is 5.11 Å². The highest BCUT2D eigenvalue weighted by Crippen LogP contribution is 2.17. The molecule has 1 rings (SSSR count). The molecule has 0 saturated carbocycles. The third-order valence-corrected chi connectivity index (χ3v) is 2.28. The molecular weight excluding hydrogens is 172 g/mol. The van der Waals surface area contributed by atoms with Crippen LogP contribution in [0.1, 0.15) is 30.5 Å². The maximum atomic E-state index is 8.08.